The molecule has 0 aromatic rings. The molecule has 12 unspecified atom stereocenters. The van der Waals surface area contributed by atoms with Gasteiger partial charge < -0.3 is 65.1 Å². The molecule has 2 fully saturated rings. The molecule has 2 heterocycles. The number of hydrogen-bond donors (Lipinski definition) is 9. The molecule has 12 atom stereocenters. The van der Waals surface area contributed by atoms with Crippen LogP contribution in [0, 0.1) is 0 Å². The number of carbonyl (C=O) groups excluding carboxylic acids is 1. The van der Waals surface area contributed by atoms with E-state index >= 15 is 0 Å². The molecular formula is C27H47NO13. The first-order chi connectivity index (χ1) is 19.5. The zero-order chi connectivity index (χ0) is 30.5. The molecule has 0 saturated carbocycles. The normalized spacial score (nSPS) is 36.0. The Balaban J connectivity index is 1.98. The Hall–Kier alpha value is -1.53. The van der Waals surface area contributed by atoms with Crippen molar-refractivity contribution < 1.29 is 64.6 Å². The van der Waals surface area contributed by atoms with Crippen LogP contribution in [0.4, 0.5) is 0 Å². The standard InChI is InChI=1S/C27H47NO13/c1-3-4-5-6-7-8-9-10-11-17(32)16(28-15(2)31)14-38-26-24(37)22(35)25(19(13-30)40-26)41-27-23(36)21(34)20(33)18(12-29)39-27/h6-7,10-11,16-27,29-30,32-37H,3-5,8-9,12-14H2,1-2H3,(H,28,31)/b7-6+,11-10+. The molecule has 0 aromatic carbocycles. The van der Waals surface area contributed by atoms with Gasteiger partial charge in [0.15, 0.2) is 12.6 Å². The lowest BCUT2D eigenvalue weighted by atomic mass is 9.97. The van der Waals surface area contributed by atoms with Crippen molar-refractivity contribution in [3.63, 3.8) is 0 Å². The summed E-state index contributed by atoms with van der Waals surface area (Å²) < 4.78 is 22.0. The number of unbranched alkanes of at least 4 members (excludes halogenated alkanes) is 3. The predicted molar refractivity (Wildman–Crippen MR) is 143 cm³/mol. The molecule has 0 bridgehead atoms. The minimum Gasteiger partial charge on any atom is -0.394 e. The molecule has 238 valence electrons. The second-order valence-corrected chi connectivity index (χ2v) is 10.3. The van der Waals surface area contributed by atoms with Crippen molar-refractivity contribution in [2.75, 3.05) is 19.8 Å². The van der Waals surface area contributed by atoms with Gasteiger partial charge >= 0.3 is 0 Å². The molecule has 14 heteroatoms. The zero-order valence-corrected chi connectivity index (χ0v) is 23.5. The molecule has 0 spiro atoms. The van der Waals surface area contributed by atoms with Crippen LogP contribution in [0.15, 0.2) is 24.3 Å². The van der Waals surface area contributed by atoms with Gasteiger partial charge in [-0.2, -0.15) is 0 Å². The van der Waals surface area contributed by atoms with Crippen LogP contribution in [-0.4, -0.2) is 140 Å². The number of amides is 1. The summed E-state index contributed by atoms with van der Waals surface area (Å²) in [6.07, 6.45) is -4.74. The van der Waals surface area contributed by atoms with Crippen molar-refractivity contribution in [3.8, 4) is 0 Å². The number of carbonyl (C=O) groups is 1. The van der Waals surface area contributed by atoms with Gasteiger partial charge in [-0.25, -0.2) is 0 Å². The highest BCUT2D eigenvalue weighted by Crippen LogP contribution is 2.29. The fourth-order valence-electron chi connectivity index (χ4n) is 4.50. The second kappa shape index (κ2) is 18.2. The van der Waals surface area contributed by atoms with E-state index in [-0.39, 0.29) is 6.61 Å². The van der Waals surface area contributed by atoms with E-state index in [0.29, 0.717) is 6.42 Å². The van der Waals surface area contributed by atoms with Crippen molar-refractivity contribution in [2.45, 2.75) is 120 Å². The largest absolute Gasteiger partial charge is 0.394 e. The lowest BCUT2D eigenvalue weighted by Gasteiger charge is -2.46. The first-order valence-electron chi connectivity index (χ1n) is 14.0. The monoisotopic (exact) mass is 593 g/mol. The van der Waals surface area contributed by atoms with Crippen LogP contribution < -0.4 is 5.32 Å². The average Bonchev–Trinajstić information content (AvgIpc) is 2.95. The topological polar surface area (TPSA) is 228 Å². The van der Waals surface area contributed by atoms with Gasteiger partial charge in [0.25, 0.3) is 0 Å². The van der Waals surface area contributed by atoms with Gasteiger partial charge in [-0.1, -0.05) is 44.1 Å². The van der Waals surface area contributed by atoms with Gasteiger partial charge in [0.05, 0.1) is 32.0 Å². The lowest BCUT2D eigenvalue weighted by molar-refractivity contribution is -0.359. The van der Waals surface area contributed by atoms with Crippen molar-refractivity contribution in [1.82, 2.24) is 5.32 Å². The van der Waals surface area contributed by atoms with Crippen LogP contribution >= 0.6 is 0 Å². The molecule has 0 aliphatic carbocycles. The van der Waals surface area contributed by atoms with Crippen LogP contribution in [0.1, 0.15) is 46.0 Å². The second-order valence-electron chi connectivity index (χ2n) is 10.3. The number of ether oxygens (including phenoxy) is 4. The van der Waals surface area contributed by atoms with Gasteiger partial charge in [-0.15, -0.1) is 0 Å². The minimum atomic E-state index is -1.78. The summed E-state index contributed by atoms with van der Waals surface area (Å²) in [4.78, 5) is 11.7. The fraction of sp³-hybridized carbons (Fsp3) is 0.815. The number of aliphatic hydroxyl groups excluding tert-OH is 8. The molecule has 9 N–H and O–H groups in total. The Kier molecular flexibility index (Phi) is 15.8. The Morgan fingerprint density at radius 1 is 0.854 bits per heavy atom. The maximum Gasteiger partial charge on any atom is 0.217 e. The van der Waals surface area contributed by atoms with Crippen LogP contribution in [0.3, 0.4) is 0 Å². The third-order valence-electron chi connectivity index (χ3n) is 6.93. The minimum absolute atomic E-state index is 0.327. The van der Waals surface area contributed by atoms with Crippen LogP contribution in [0.2, 0.25) is 0 Å². The number of rotatable bonds is 16. The summed E-state index contributed by atoms with van der Waals surface area (Å²) in [6.45, 7) is 1.64. The average molecular weight is 594 g/mol. The van der Waals surface area contributed by atoms with E-state index in [2.05, 4.69) is 24.4 Å². The van der Waals surface area contributed by atoms with Gasteiger partial charge in [-0.05, 0) is 19.3 Å². The van der Waals surface area contributed by atoms with E-state index in [4.69, 9.17) is 18.9 Å². The summed E-state index contributed by atoms with van der Waals surface area (Å²) in [5, 5.41) is 84.0. The molecule has 2 aliphatic rings. The first kappa shape index (κ1) is 35.7. The maximum atomic E-state index is 11.7. The van der Waals surface area contributed by atoms with E-state index in [1.165, 1.54) is 13.0 Å². The molecule has 14 nitrogen and oxygen atoms in total. The first-order valence-corrected chi connectivity index (χ1v) is 14.0. The molecule has 0 aromatic heterocycles. The fourth-order valence-corrected chi connectivity index (χ4v) is 4.50. The Labute approximate surface area is 239 Å². The van der Waals surface area contributed by atoms with Gasteiger partial charge in [0, 0.05) is 6.92 Å². The van der Waals surface area contributed by atoms with E-state index in [1.807, 2.05) is 0 Å². The Morgan fingerprint density at radius 2 is 1.46 bits per heavy atom. The zero-order valence-electron chi connectivity index (χ0n) is 23.5. The van der Waals surface area contributed by atoms with Crippen molar-refractivity contribution in [1.29, 1.82) is 0 Å². The predicted octanol–water partition coefficient (Wildman–Crippen LogP) is -2.42. The molecule has 1 amide bonds. The highest BCUT2D eigenvalue weighted by molar-refractivity contribution is 5.73. The highest BCUT2D eigenvalue weighted by atomic mass is 16.7. The molecular weight excluding hydrogens is 546 g/mol. The Morgan fingerprint density at radius 3 is 2.10 bits per heavy atom. The SMILES string of the molecule is CCCC/C=C/CC/C=C/C(O)C(COC1OC(CO)C(OC2OC(CO)C(O)C(O)C2O)C(O)C1O)NC(C)=O. The van der Waals surface area contributed by atoms with E-state index in [0.717, 1.165) is 25.7 Å². The van der Waals surface area contributed by atoms with Crippen molar-refractivity contribution >= 4 is 5.91 Å². The quantitative estimate of drug-likeness (QED) is 0.0671. The van der Waals surface area contributed by atoms with Crippen LogP contribution in [-0.2, 0) is 23.7 Å². The van der Waals surface area contributed by atoms with E-state index in [1.54, 1.807) is 6.08 Å². The third kappa shape index (κ3) is 10.6. The summed E-state index contributed by atoms with van der Waals surface area (Å²) in [6, 6.07) is -0.924. The third-order valence-corrected chi connectivity index (χ3v) is 6.93. The Bertz CT molecular complexity index is 810. The van der Waals surface area contributed by atoms with Gasteiger partial charge in [0.2, 0.25) is 5.91 Å². The van der Waals surface area contributed by atoms with E-state index < -0.39 is 92.7 Å². The summed E-state index contributed by atoms with van der Waals surface area (Å²) in [5.74, 6) is -0.434. The molecule has 41 heavy (non-hydrogen) atoms. The maximum absolute atomic E-state index is 11.7. The van der Waals surface area contributed by atoms with Gasteiger partial charge in [-0.3, -0.25) is 4.79 Å². The molecule has 0 radical (unpaired) electrons. The highest BCUT2D eigenvalue weighted by Gasteiger charge is 2.50. The van der Waals surface area contributed by atoms with Gasteiger partial charge in [0.1, 0.15) is 48.8 Å². The summed E-state index contributed by atoms with van der Waals surface area (Å²) in [5.41, 5.74) is 0. The van der Waals surface area contributed by atoms with E-state index in [9.17, 15) is 45.6 Å². The summed E-state index contributed by atoms with van der Waals surface area (Å²) in [7, 11) is 0. The molecule has 2 aliphatic heterocycles. The smallest absolute Gasteiger partial charge is 0.217 e. The van der Waals surface area contributed by atoms with Crippen LogP contribution in [0.5, 0.6) is 0 Å². The van der Waals surface area contributed by atoms with Crippen LogP contribution in [0.25, 0.3) is 0 Å². The summed E-state index contributed by atoms with van der Waals surface area (Å²) >= 11 is 0. The number of allylic oxidation sites excluding steroid dienone is 3. The van der Waals surface area contributed by atoms with Crippen molar-refractivity contribution in [3.05, 3.63) is 24.3 Å². The lowest BCUT2D eigenvalue weighted by Crippen LogP contribution is -2.65. The molecule has 2 saturated heterocycles. The number of hydrogen-bond acceptors (Lipinski definition) is 13. The number of aliphatic hydroxyl groups is 8. The number of nitrogens with one attached hydrogen (secondary N) is 1. The molecule has 2 rings (SSSR count). The van der Waals surface area contributed by atoms with Crippen molar-refractivity contribution in [2.24, 2.45) is 0 Å².